The van der Waals surface area contributed by atoms with Gasteiger partial charge in [-0.3, -0.25) is 0 Å². The lowest BCUT2D eigenvalue weighted by atomic mass is 9.99. The SMILES string of the molecule is FC(F)(F)c1c(Cl)cccc1-c1ccc(Cl)cc1Cl. The standard InChI is InChI=1S/C13H6Cl3F3/c14-7-4-5-8(11(16)6-7)9-2-1-3-10(15)12(9)13(17,18)19/h1-6H. The molecule has 0 fully saturated rings. The van der Waals surface area contributed by atoms with Crippen LogP contribution in [-0.2, 0) is 6.18 Å². The van der Waals surface area contributed by atoms with Crippen LogP contribution in [0.25, 0.3) is 11.1 Å². The first-order valence-electron chi connectivity index (χ1n) is 5.12. The lowest BCUT2D eigenvalue weighted by molar-refractivity contribution is -0.137. The highest BCUT2D eigenvalue weighted by molar-refractivity contribution is 6.36. The van der Waals surface area contributed by atoms with Crippen molar-refractivity contribution in [3.8, 4) is 11.1 Å². The first-order valence-corrected chi connectivity index (χ1v) is 6.25. The minimum Gasteiger partial charge on any atom is -0.166 e. The Hall–Kier alpha value is -0.900. The Kier molecular flexibility index (Phi) is 4.00. The molecule has 0 bridgehead atoms. The molecule has 0 radical (unpaired) electrons. The van der Waals surface area contributed by atoms with Gasteiger partial charge >= 0.3 is 6.18 Å². The quantitative estimate of drug-likeness (QED) is 0.574. The zero-order valence-corrected chi connectivity index (χ0v) is 11.5. The third kappa shape index (κ3) is 2.99. The molecular formula is C13H6Cl3F3. The Labute approximate surface area is 122 Å². The maximum atomic E-state index is 13.1. The molecule has 0 N–H and O–H groups in total. The van der Waals surface area contributed by atoms with Crippen LogP contribution in [0, 0.1) is 0 Å². The molecule has 0 heterocycles. The van der Waals surface area contributed by atoms with Crippen molar-refractivity contribution in [1.29, 1.82) is 0 Å². The Bertz CT molecular complexity index is 621. The van der Waals surface area contributed by atoms with Crippen molar-refractivity contribution in [2.75, 3.05) is 0 Å². The Balaban J connectivity index is 2.73. The molecule has 0 aliphatic rings. The molecule has 0 aliphatic heterocycles. The average molecular weight is 326 g/mol. The molecule has 0 spiro atoms. The summed E-state index contributed by atoms with van der Waals surface area (Å²) in [6.45, 7) is 0. The van der Waals surface area contributed by atoms with Crippen molar-refractivity contribution in [3.05, 3.63) is 57.0 Å². The molecule has 0 unspecified atom stereocenters. The van der Waals surface area contributed by atoms with Crippen LogP contribution in [0.4, 0.5) is 13.2 Å². The van der Waals surface area contributed by atoms with Gasteiger partial charge in [-0.1, -0.05) is 53.0 Å². The topological polar surface area (TPSA) is 0 Å². The summed E-state index contributed by atoms with van der Waals surface area (Å²) in [7, 11) is 0. The normalized spacial score (nSPS) is 11.7. The van der Waals surface area contributed by atoms with E-state index in [9.17, 15) is 13.2 Å². The fourth-order valence-corrected chi connectivity index (χ4v) is 2.54. The van der Waals surface area contributed by atoms with E-state index >= 15 is 0 Å². The Morgan fingerprint density at radius 1 is 0.789 bits per heavy atom. The zero-order valence-electron chi connectivity index (χ0n) is 9.23. The highest BCUT2D eigenvalue weighted by Crippen LogP contribution is 2.43. The number of benzene rings is 2. The molecule has 0 saturated heterocycles. The summed E-state index contributed by atoms with van der Waals surface area (Å²) in [4.78, 5) is 0. The molecule has 19 heavy (non-hydrogen) atoms. The van der Waals surface area contributed by atoms with Gasteiger partial charge in [-0.25, -0.2) is 0 Å². The number of alkyl halides is 3. The fraction of sp³-hybridized carbons (Fsp3) is 0.0769. The van der Waals surface area contributed by atoms with Crippen LogP contribution in [0.2, 0.25) is 15.1 Å². The number of hydrogen-bond donors (Lipinski definition) is 0. The van der Waals surface area contributed by atoms with Gasteiger partial charge in [0, 0.05) is 15.6 Å². The molecule has 100 valence electrons. The van der Waals surface area contributed by atoms with E-state index < -0.39 is 11.7 Å². The molecule has 0 amide bonds. The van der Waals surface area contributed by atoms with Crippen LogP contribution in [0.3, 0.4) is 0 Å². The predicted octanol–water partition coefficient (Wildman–Crippen LogP) is 6.33. The van der Waals surface area contributed by atoms with Gasteiger partial charge in [0.25, 0.3) is 0 Å². The van der Waals surface area contributed by atoms with Gasteiger partial charge in [0.05, 0.1) is 10.6 Å². The largest absolute Gasteiger partial charge is 0.418 e. The Morgan fingerprint density at radius 2 is 1.47 bits per heavy atom. The lowest BCUT2D eigenvalue weighted by Crippen LogP contribution is -2.08. The van der Waals surface area contributed by atoms with Crippen molar-refractivity contribution in [1.82, 2.24) is 0 Å². The van der Waals surface area contributed by atoms with Crippen LogP contribution in [0.5, 0.6) is 0 Å². The van der Waals surface area contributed by atoms with Gasteiger partial charge in [0.2, 0.25) is 0 Å². The van der Waals surface area contributed by atoms with E-state index in [0.29, 0.717) is 5.02 Å². The predicted molar refractivity (Wildman–Crippen MR) is 71.9 cm³/mol. The third-order valence-corrected chi connectivity index (χ3v) is 3.38. The van der Waals surface area contributed by atoms with Gasteiger partial charge < -0.3 is 0 Å². The molecule has 0 atom stereocenters. The van der Waals surface area contributed by atoms with Gasteiger partial charge in [-0.2, -0.15) is 13.2 Å². The smallest absolute Gasteiger partial charge is 0.166 e. The van der Waals surface area contributed by atoms with Gasteiger partial charge in [-0.15, -0.1) is 0 Å². The maximum absolute atomic E-state index is 13.1. The summed E-state index contributed by atoms with van der Waals surface area (Å²) in [6, 6.07) is 8.26. The van der Waals surface area contributed by atoms with Gasteiger partial charge in [-0.05, 0) is 23.8 Å². The van der Waals surface area contributed by atoms with E-state index in [1.807, 2.05) is 0 Å². The zero-order chi connectivity index (χ0) is 14.2. The highest BCUT2D eigenvalue weighted by atomic mass is 35.5. The van der Waals surface area contributed by atoms with E-state index in [4.69, 9.17) is 34.8 Å². The second-order valence-corrected chi connectivity index (χ2v) is 5.04. The van der Waals surface area contributed by atoms with E-state index in [2.05, 4.69) is 0 Å². The molecule has 2 rings (SSSR count). The summed E-state index contributed by atoms with van der Waals surface area (Å²) in [6.07, 6.45) is -4.56. The van der Waals surface area contributed by atoms with Crippen LogP contribution in [-0.4, -0.2) is 0 Å². The lowest BCUT2D eigenvalue weighted by Gasteiger charge is -2.15. The van der Waals surface area contributed by atoms with Crippen molar-refractivity contribution >= 4 is 34.8 Å². The van der Waals surface area contributed by atoms with Crippen molar-refractivity contribution in [2.45, 2.75) is 6.18 Å². The highest BCUT2D eigenvalue weighted by Gasteiger charge is 2.36. The molecule has 6 heteroatoms. The molecule has 2 aromatic carbocycles. The summed E-state index contributed by atoms with van der Waals surface area (Å²) >= 11 is 17.3. The van der Waals surface area contributed by atoms with E-state index in [0.717, 1.165) is 0 Å². The van der Waals surface area contributed by atoms with Crippen LogP contribution >= 0.6 is 34.8 Å². The first kappa shape index (κ1) is 14.5. The summed E-state index contributed by atoms with van der Waals surface area (Å²) < 4.78 is 39.2. The molecule has 0 aromatic heterocycles. The summed E-state index contributed by atoms with van der Waals surface area (Å²) in [5.41, 5.74) is -0.733. The second-order valence-electron chi connectivity index (χ2n) is 3.78. The number of hydrogen-bond acceptors (Lipinski definition) is 0. The van der Waals surface area contributed by atoms with E-state index in [-0.39, 0.29) is 21.2 Å². The van der Waals surface area contributed by atoms with Gasteiger partial charge in [0.1, 0.15) is 0 Å². The minimum atomic E-state index is -4.56. The fourth-order valence-electron chi connectivity index (χ4n) is 1.74. The van der Waals surface area contributed by atoms with Crippen LogP contribution < -0.4 is 0 Å². The average Bonchev–Trinajstić information content (AvgIpc) is 2.26. The molecule has 0 aliphatic carbocycles. The molecule has 0 nitrogen and oxygen atoms in total. The molecular weight excluding hydrogens is 319 g/mol. The summed E-state index contributed by atoms with van der Waals surface area (Å²) in [5, 5.41) is 0.126. The van der Waals surface area contributed by atoms with Crippen LogP contribution in [0.1, 0.15) is 5.56 Å². The van der Waals surface area contributed by atoms with Crippen molar-refractivity contribution < 1.29 is 13.2 Å². The van der Waals surface area contributed by atoms with Gasteiger partial charge in [0.15, 0.2) is 0 Å². The van der Waals surface area contributed by atoms with E-state index in [1.165, 1.54) is 36.4 Å². The molecule has 0 saturated carbocycles. The monoisotopic (exact) mass is 324 g/mol. The van der Waals surface area contributed by atoms with Crippen LogP contribution in [0.15, 0.2) is 36.4 Å². The first-order chi connectivity index (χ1) is 8.80. The molecule has 2 aromatic rings. The number of rotatable bonds is 1. The van der Waals surface area contributed by atoms with Crippen molar-refractivity contribution in [2.24, 2.45) is 0 Å². The maximum Gasteiger partial charge on any atom is 0.418 e. The Morgan fingerprint density at radius 3 is 2.05 bits per heavy atom. The summed E-state index contributed by atoms with van der Waals surface area (Å²) in [5.74, 6) is 0. The minimum absolute atomic E-state index is 0.0679. The van der Waals surface area contributed by atoms with E-state index in [1.54, 1.807) is 0 Å². The third-order valence-electron chi connectivity index (χ3n) is 2.52. The van der Waals surface area contributed by atoms with Crippen molar-refractivity contribution in [3.63, 3.8) is 0 Å². The second kappa shape index (κ2) is 5.23. The number of halogens is 6.